The molecule has 1 atom stereocenters. The molecule has 9 nitrogen and oxygen atoms in total. The van der Waals surface area contributed by atoms with Crippen LogP contribution in [0.4, 0.5) is 22.8 Å². The van der Waals surface area contributed by atoms with Gasteiger partial charge >= 0.3 is 24.2 Å². The third-order valence-corrected chi connectivity index (χ3v) is 6.01. The maximum Gasteiger partial charge on any atom is 0.416 e. The summed E-state index contributed by atoms with van der Waals surface area (Å²) in [7, 11) is 1.46. The minimum absolute atomic E-state index is 0.0200. The highest BCUT2D eigenvalue weighted by molar-refractivity contribution is 5.95. The number of benzene rings is 1. The fourth-order valence-electron chi connectivity index (χ4n) is 4.22. The minimum atomic E-state index is -4.68. The van der Waals surface area contributed by atoms with Crippen molar-refractivity contribution in [3.8, 4) is 0 Å². The summed E-state index contributed by atoms with van der Waals surface area (Å²) in [5, 5.41) is 5.28. The van der Waals surface area contributed by atoms with E-state index in [4.69, 9.17) is 4.74 Å². The van der Waals surface area contributed by atoms with Crippen LogP contribution in [0.5, 0.6) is 0 Å². The molecule has 4 amide bonds. The van der Waals surface area contributed by atoms with Crippen molar-refractivity contribution >= 4 is 18.0 Å². The highest BCUT2D eigenvalue weighted by Crippen LogP contribution is 2.39. The summed E-state index contributed by atoms with van der Waals surface area (Å²) >= 11 is 0. The van der Waals surface area contributed by atoms with Crippen molar-refractivity contribution in [1.82, 2.24) is 25.3 Å². The van der Waals surface area contributed by atoms with E-state index < -0.39 is 29.8 Å². The Kier molecular flexibility index (Phi) is 8.26. The summed E-state index contributed by atoms with van der Waals surface area (Å²) in [6.45, 7) is 5.89. The van der Waals surface area contributed by atoms with Gasteiger partial charge in [-0.25, -0.2) is 14.4 Å². The van der Waals surface area contributed by atoms with E-state index >= 15 is 0 Å². The number of halogens is 3. The molecule has 12 heteroatoms. The third kappa shape index (κ3) is 5.87. The molecule has 2 heterocycles. The van der Waals surface area contributed by atoms with E-state index in [2.05, 4.69) is 10.6 Å². The van der Waals surface area contributed by atoms with Gasteiger partial charge < -0.3 is 20.3 Å². The normalized spacial score (nSPS) is 19.5. The minimum Gasteiger partial charge on any atom is -0.463 e. The topological polar surface area (TPSA) is 94.2 Å². The van der Waals surface area contributed by atoms with Crippen LogP contribution in [0.15, 0.2) is 35.5 Å². The quantitative estimate of drug-likeness (QED) is 0.590. The lowest BCUT2D eigenvalue weighted by molar-refractivity contribution is -0.141. The Morgan fingerprint density at radius 3 is 2.40 bits per heavy atom. The molecule has 1 fully saturated rings. The number of ether oxygens (including phenoxy) is 1. The molecule has 192 valence electrons. The molecule has 0 spiro atoms. The zero-order valence-electron chi connectivity index (χ0n) is 19.9. The van der Waals surface area contributed by atoms with Gasteiger partial charge in [-0.1, -0.05) is 18.2 Å². The van der Waals surface area contributed by atoms with Crippen molar-refractivity contribution < 1.29 is 32.3 Å². The standard InChI is InChI=1S/C23H30F3N5O4/c1-4-27-21(33)31-12-10-30(11-13-31)14-17-18(20(32)35-5-2)19(28-22(34)29(17)3)15-8-6-7-9-16(15)23(24,25)26/h6-9,19H,4-5,10-14H2,1-3H3,(H,27,33)(H,28,34)/t19-/m0/s1. The summed E-state index contributed by atoms with van der Waals surface area (Å²) < 4.78 is 46.5. The van der Waals surface area contributed by atoms with Crippen LogP contribution in [0.2, 0.25) is 0 Å². The predicted octanol–water partition coefficient (Wildman–Crippen LogP) is 2.57. The highest BCUT2D eigenvalue weighted by Gasteiger charge is 2.42. The first kappa shape index (κ1) is 26.3. The maximum absolute atomic E-state index is 13.8. The molecule has 2 aliphatic heterocycles. The van der Waals surface area contributed by atoms with Crippen molar-refractivity contribution in [2.24, 2.45) is 0 Å². The van der Waals surface area contributed by atoms with Crippen molar-refractivity contribution in [3.05, 3.63) is 46.7 Å². The molecule has 1 aromatic carbocycles. The van der Waals surface area contributed by atoms with Crippen LogP contribution in [0, 0.1) is 0 Å². The second-order valence-corrected chi connectivity index (χ2v) is 8.21. The number of piperazine rings is 1. The number of hydrogen-bond donors (Lipinski definition) is 2. The Morgan fingerprint density at radius 2 is 1.80 bits per heavy atom. The van der Waals surface area contributed by atoms with E-state index in [1.165, 1.54) is 30.1 Å². The highest BCUT2D eigenvalue weighted by atomic mass is 19.4. The van der Waals surface area contributed by atoms with Crippen LogP contribution in [-0.2, 0) is 15.7 Å². The molecular formula is C23H30F3N5O4. The number of nitrogens with zero attached hydrogens (tertiary/aromatic N) is 3. The Balaban J connectivity index is 1.98. The van der Waals surface area contributed by atoms with Crippen molar-refractivity contribution in [1.29, 1.82) is 0 Å². The first-order chi connectivity index (χ1) is 16.6. The smallest absolute Gasteiger partial charge is 0.416 e. The van der Waals surface area contributed by atoms with Gasteiger partial charge in [0.2, 0.25) is 0 Å². The van der Waals surface area contributed by atoms with E-state index in [0.29, 0.717) is 32.7 Å². The number of carbonyl (C=O) groups is 3. The zero-order chi connectivity index (χ0) is 25.8. The molecular weight excluding hydrogens is 467 g/mol. The van der Waals surface area contributed by atoms with E-state index in [1.807, 2.05) is 11.8 Å². The molecule has 0 unspecified atom stereocenters. The zero-order valence-corrected chi connectivity index (χ0v) is 19.9. The number of rotatable bonds is 6. The second-order valence-electron chi connectivity index (χ2n) is 8.21. The lowest BCUT2D eigenvalue weighted by Crippen LogP contribution is -2.54. The summed E-state index contributed by atoms with van der Waals surface area (Å²) in [4.78, 5) is 42.8. The summed E-state index contributed by atoms with van der Waals surface area (Å²) in [6.07, 6.45) is -4.68. The van der Waals surface area contributed by atoms with E-state index in [1.54, 1.807) is 11.8 Å². The third-order valence-electron chi connectivity index (χ3n) is 6.01. The van der Waals surface area contributed by atoms with E-state index in [-0.39, 0.29) is 36.0 Å². The largest absolute Gasteiger partial charge is 0.463 e. The molecule has 2 aliphatic rings. The summed E-state index contributed by atoms with van der Waals surface area (Å²) in [5.74, 6) is -0.794. The number of carbonyl (C=O) groups excluding carboxylic acids is 3. The van der Waals surface area contributed by atoms with E-state index in [9.17, 15) is 27.6 Å². The predicted molar refractivity (Wildman–Crippen MR) is 121 cm³/mol. The number of alkyl halides is 3. The Hall–Kier alpha value is -3.28. The van der Waals surface area contributed by atoms with Crippen LogP contribution in [0.1, 0.15) is 31.0 Å². The van der Waals surface area contributed by atoms with Gasteiger partial charge in [-0.15, -0.1) is 0 Å². The number of esters is 1. The average Bonchev–Trinajstić information content (AvgIpc) is 2.82. The van der Waals surface area contributed by atoms with Crippen LogP contribution in [-0.4, -0.2) is 85.7 Å². The van der Waals surface area contributed by atoms with Gasteiger partial charge in [0.15, 0.2) is 0 Å². The van der Waals surface area contributed by atoms with Crippen molar-refractivity contribution in [2.75, 3.05) is 52.9 Å². The molecule has 0 aromatic heterocycles. The van der Waals surface area contributed by atoms with Gasteiger partial charge in [0.1, 0.15) is 0 Å². The second kappa shape index (κ2) is 11.0. The number of likely N-dealkylation sites (N-methyl/N-ethyl adjacent to an activating group) is 1. The molecule has 0 saturated carbocycles. The fraction of sp³-hybridized carbons (Fsp3) is 0.522. The Bertz CT molecular complexity index is 990. The van der Waals surface area contributed by atoms with E-state index in [0.717, 1.165) is 6.07 Å². The molecule has 0 bridgehead atoms. The van der Waals surface area contributed by atoms with Crippen LogP contribution in [0.25, 0.3) is 0 Å². The summed E-state index contributed by atoms with van der Waals surface area (Å²) in [5.41, 5.74) is -0.952. The molecule has 1 aromatic rings. The SMILES string of the molecule is CCNC(=O)N1CCN(CC2=C(C(=O)OCC)[C@H](c3ccccc3C(F)(F)F)NC(=O)N2C)CC1. The monoisotopic (exact) mass is 497 g/mol. The lowest BCUT2D eigenvalue weighted by Gasteiger charge is -2.39. The molecule has 2 N–H and O–H groups in total. The fourth-order valence-corrected chi connectivity index (χ4v) is 4.22. The lowest BCUT2D eigenvalue weighted by atomic mass is 9.90. The van der Waals surface area contributed by atoms with Gasteiger partial charge in [0, 0.05) is 52.0 Å². The van der Waals surface area contributed by atoms with Crippen molar-refractivity contribution in [3.63, 3.8) is 0 Å². The number of nitrogens with one attached hydrogen (secondary N) is 2. The average molecular weight is 498 g/mol. The summed E-state index contributed by atoms with van der Waals surface area (Å²) in [6, 6.07) is 2.73. The first-order valence-corrected chi connectivity index (χ1v) is 11.4. The van der Waals surface area contributed by atoms with Gasteiger partial charge in [-0.05, 0) is 25.5 Å². The van der Waals surface area contributed by atoms with Crippen LogP contribution >= 0.6 is 0 Å². The first-order valence-electron chi connectivity index (χ1n) is 11.4. The molecule has 3 rings (SSSR count). The number of amides is 4. The molecule has 0 radical (unpaired) electrons. The number of urea groups is 2. The number of hydrogen-bond acceptors (Lipinski definition) is 5. The van der Waals surface area contributed by atoms with Gasteiger partial charge in [-0.3, -0.25) is 9.80 Å². The Morgan fingerprint density at radius 1 is 1.14 bits per heavy atom. The molecule has 0 aliphatic carbocycles. The van der Waals surface area contributed by atoms with Crippen LogP contribution in [0.3, 0.4) is 0 Å². The molecule has 1 saturated heterocycles. The van der Waals surface area contributed by atoms with Gasteiger partial charge in [0.25, 0.3) is 0 Å². The Labute approximate surface area is 201 Å². The molecule has 35 heavy (non-hydrogen) atoms. The van der Waals surface area contributed by atoms with Gasteiger partial charge in [-0.2, -0.15) is 13.2 Å². The van der Waals surface area contributed by atoms with Crippen molar-refractivity contribution in [2.45, 2.75) is 26.1 Å². The van der Waals surface area contributed by atoms with Crippen LogP contribution < -0.4 is 10.6 Å². The van der Waals surface area contributed by atoms with Gasteiger partial charge in [0.05, 0.1) is 23.8 Å². The maximum atomic E-state index is 13.8.